The highest BCUT2D eigenvalue weighted by Crippen LogP contribution is 2.27. The first-order valence-electron chi connectivity index (χ1n) is 10.2. The molecule has 0 aliphatic carbocycles. The summed E-state index contributed by atoms with van der Waals surface area (Å²) in [6.45, 7) is 3.84. The van der Waals surface area contributed by atoms with Crippen LogP contribution in [0.4, 0.5) is 11.4 Å². The molecule has 1 aliphatic heterocycles. The first-order valence-corrected chi connectivity index (χ1v) is 10.2. The summed E-state index contributed by atoms with van der Waals surface area (Å²) >= 11 is 0. The van der Waals surface area contributed by atoms with Crippen LogP contribution >= 0.6 is 0 Å². The van der Waals surface area contributed by atoms with Gasteiger partial charge in [-0.25, -0.2) is 0 Å². The molecule has 1 atom stereocenters. The molecule has 0 bridgehead atoms. The number of rotatable bonds is 8. The van der Waals surface area contributed by atoms with Crippen LogP contribution in [0, 0.1) is 0 Å². The summed E-state index contributed by atoms with van der Waals surface area (Å²) in [4.78, 5) is 20.1. The third-order valence-electron chi connectivity index (χ3n) is 5.05. The van der Waals surface area contributed by atoms with Crippen molar-refractivity contribution in [1.29, 1.82) is 0 Å². The van der Waals surface area contributed by atoms with Gasteiger partial charge >= 0.3 is 0 Å². The van der Waals surface area contributed by atoms with Gasteiger partial charge in [0.1, 0.15) is 0 Å². The van der Waals surface area contributed by atoms with E-state index in [1.807, 2.05) is 30.3 Å². The Morgan fingerprint density at radius 3 is 2.40 bits per heavy atom. The van der Waals surface area contributed by atoms with Crippen LogP contribution in [0.15, 0.2) is 47.6 Å². The molecule has 0 aromatic heterocycles. The van der Waals surface area contributed by atoms with Crippen LogP contribution < -0.4 is 19.7 Å². The second-order valence-electron chi connectivity index (χ2n) is 7.18. The molecule has 0 radical (unpaired) electrons. The smallest absolute Gasteiger partial charge is 0.267 e. The number of ether oxygens (including phenoxy) is 2. The number of amides is 1. The average Bonchev–Trinajstić information content (AvgIpc) is 2.79. The number of hydrogen-bond acceptors (Lipinski definition) is 6. The summed E-state index contributed by atoms with van der Waals surface area (Å²) < 4.78 is 10.5. The Morgan fingerprint density at radius 1 is 1.03 bits per heavy atom. The largest absolute Gasteiger partial charge is 0.493 e. The summed E-state index contributed by atoms with van der Waals surface area (Å²) in [5, 5.41) is 6.78. The van der Waals surface area contributed by atoms with Crippen LogP contribution in [0.5, 0.6) is 11.5 Å². The van der Waals surface area contributed by atoms with E-state index in [2.05, 4.69) is 15.4 Å². The van der Waals surface area contributed by atoms with E-state index in [4.69, 9.17) is 14.3 Å². The fraction of sp³-hybridized carbons (Fsp3) is 0.391. The van der Waals surface area contributed by atoms with Crippen LogP contribution in [-0.4, -0.2) is 45.5 Å². The lowest BCUT2D eigenvalue weighted by atomic mass is 10.1. The fourth-order valence-corrected chi connectivity index (χ4v) is 3.32. The van der Waals surface area contributed by atoms with Crippen LogP contribution in [0.25, 0.3) is 0 Å². The van der Waals surface area contributed by atoms with Gasteiger partial charge in [0.25, 0.3) is 5.91 Å². The molecule has 1 fully saturated rings. The van der Waals surface area contributed by atoms with Gasteiger partial charge in [0.15, 0.2) is 11.5 Å². The standard InChI is InChI=1S/C23H29N3O4/c1-17(30-24-16-18-7-12-21(28-2)22(15-18)29-3)23(27)25-19-8-10-20(11-9-19)26-13-5-4-6-14-26/h7-12,15-17H,4-6,13-14H2,1-3H3,(H,25,27)/b24-16-/t17-/m1/s1. The van der Waals surface area contributed by atoms with E-state index < -0.39 is 6.10 Å². The number of anilines is 2. The maximum Gasteiger partial charge on any atom is 0.267 e. The average molecular weight is 412 g/mol. The molecule has 0 unspecified atom stereocenters. The molecule has 1 heterocycles. The number of carbonyl (C=O) groups excluding carboxylic acids is 1. The Kier molecular flexibility index (Phi) is 7.54. The van der Waals surface area contributed by atoms with Gasteiger partial charge < -0.3 is 24.5 Å². The second kappa shape index (κ2) is 10.5. The molecule has 7 heteroatoms. The second-order valence-corrected chi connectivity index (χ2v) is 7.18. The molecule has 3 rings (SSSR count). The van der Waals surface area contributed by atoms with Gasteiger partial charge in [0, 0.05) is 30.0 Å². The first kappa shape index (κ1) is 21.5. The molecule has 2 aromatic carbocycles. The molecular formula is C23H29N3O4. The van der Waals surface area contributed by atoms with Gasteiger partial charge in [0.2, 0.25) is 6.10 Å². The quantitative estimate of drug-likeness (QED) is 0.524. The number of oxime groups is 1. The Morgan fingerprint density at radius 2 is 1.73 bits per heavy atom. The summed E-state index contributed by atoms with van der Waals surface area (Å²) in [6, 6.07) is 13.3. The van der Waals surface area contributed by atoms with Crippen LogP contribution in [0.1, 0.15) is 31.7 Å². The van der Waals surface area contributed by atoms with Crippen molar-refractivity contribution in [2.75, 3.05) is 37.5 Å². The summed E-state index contributed by atoms with van der Waals surface area (Å²) in [6.07, 6.45) is 4.56. The fourth-order valence-electron chi connectivity index (χ4n) is 3.32. The first-order chi connectivity index (χ1) is 14.6. The Balaban J connectivity index is 1.51. The third kappa shape index (κ3) is 5.65. The Hall–Kier alpha value is -3.22. The number of methoxy groups -OCH3 is 2. The Labute approximate surface area is 177 Å². The highest BCUT2D eigenvalue weighted by atomic mass is 16.6. The number of nitrogens with zero attached hydrogens (tertiary/aromatic N) is 2. The van der Waals surface area contributed by atoms with Crippen molar-refractivity contribution in [1.82, 2.24) is 0 Å². The predicted molar refractivity (Wildman–Crippen MR) is 119 cm³/mol. The van der Waals surface area contributed by atoms with E-state index in [9.17, 15) is 4.79 Å². The zero-order valence-corrected chi connectivity index (χ0v) is 17.8. The third-order valence-corrected chi connectivity index (χ3v) is 5.05. The summed E-state index contributed by atoms with van der Waals surface area (Å²) in [5.41, 5.74) is 2.70. The minimum atomic E-state index is -0.733. The lowest BCUT2D eigenvalue weighted by molar-refractivity contribution is -0.126. The minimum Gasteiger partial charge on any atom is -0.493 e. The van der Waals surface area contributed by atoms with E-state index in [1.54, 1.807) is 33.3 Å². The molecular weight excluding hydrogens is 382 g/mol. The molecule has 0 spiro atoms. The number of nitrogens with one attached hydrogen (secondary N) is 1. The van der Waals surface area contributed by atoms with Crippen LogP contribution in [-0.2, 0) is 9.63 Å². The van der Waals surface area contributed by atoms with Gasteiger partial charge in [-0.1, -0.05) is 5.16 Å². The molecule has 160 valence electrons. The number of carbonyl (C=O) groups is 1. The van der Waals surface area contributed by atoms with E-state index in [1.165, 1.54) is 31.2 Å². The molecule has 1 N–H and O–H groups in total. The number of benzene rings is 2. The Bertz CT molecular complexity index is 861. The highest BCUT2D eigenvalue weighted by Gasteiger charge is 2.15. The number of piperidine rings is 1. The van der Waals surface area contributed by atoms with Gasteiger partial charge in [-0.15, -0.1) is 0 Å². The minimum absolute atomic E-state index is 0.259. The van der Waals surface area contributed by atoms with Gasteiger partial charge in [-0.05, 0) is 68.7 Å². The topological polar surface area (TPSA) is 72.4 Å². The normalized spacial score (nSPS) is 15.0. The molecule has 30 heavy (non-hydrogen) atoms. The molecule has 7 nitrogen and oxygen atoms in total. The van der Waals surface area contributed by atoms with E-state index in [-0.39, 0.29) is 5.91 Å². The monoisotopic (exact) mass is 411 g/mol. The molecule has 2 aromatic rings. The van der Waals surface area contributed by atoms with Gasteiger partial charge in [-0.3, -0.25) is 4.79 Å². The van der Waals surface area contributed by atoms with Crippen LogP contribution in [0.2, 0.25) is 0 Å². The molecule has 1 aliphatic rings. The van der Waals surface area contributed by atoms with Crippen molar-refractivity contribution in [2.24, 2.45) is 5.16 Å². The van der Waals surface area contributed by atoms with Crippen molar-refractivity contribution >= 4 is 23.5 Å². The predicted octanol–water partition coefficient (Wildman–Crippen LogP) is 4.07. The van der Waals surface area contributed by atoms with E-state index in [0.717, 1.165) is 24.3 Å². The van der Waals surface area contributed by atoms with E-state index in [0.29, 0.717) is 11.5 Å². The van der Waals surface area contributed by atoms with Gasteiger partial charge in [-0.2, -0.15) is 0 Å². The maximum atomic E-state index is 12.4. The van der Waals surface area contributed by atoms with E-state index >= 15 is 0 Å². The SMILES string of the molecule is COc1ccc(/C=N\O[C@H](C)C(=O)Nc2ccc(N3CCCCC3)cc2)cc1OC. The summed E-state index contributed by atoms with van der Waals surface area (Å²) in [7, 11) is 3.15. The van der Waals surface area contributed by atoms with Crippen molar-refractivity contribution in [3.63, 3.8) is 0 Å². The van der Waals surface area contributed by atoms with Gasteiger partial charge in [0.05, 0.1) is 20.4 Å². The van der Waals surface area contributed by atoms with Crippen LogP contribution in [0.3, 0.4) is 0 Å². The van der Waals surface area contributed by atoms with Crippen molar-refractivity contribution < 1.29 is 19.1 Å². The molecule has 1 saturated heterocycles. The lowest BCUT2D eigenvalue weighted by Gasteiger charge is -2.28. The zero-order valence-electron chi connectivity index (χ0n) is 17.8. The molecule has 1 amide bonds. The number of hydrogen-bond donors (Lipinski definition) is 1. The summed E-state index contributed by atoms with van der Waals surface area (Å²) in [5.74, 6) is 0.972. The van der Waals surface area contributed by atoms with Crippen molar-refractivity contribution in [2.45, 2.75) is 32.3 Å². The van der Waals surface area contributed by atoms with Crippen molar-refractivity contribution in [3.8, 4) is 11.5 Å². The van der Waals surface area contributed by atoms with Crippen molar-refractivity contribution in [3.05, 3.63) is 48.0 Å². The molecule has 0 saturated carbocycles. The highest BCUT2D eigenvalue weighted by molar-refractivity contribution is 5.94. The zero-order chi connectivity index (χ0) is 21.3. The maximum absolute atomic E-state index is 12.4. The lowest BCUT2D eigenvalue weighted by Crippen LogP contribution is -2.29.